The van der Waals surface area contributed by atoms with Crippen LogP contribution < -0.4 is 4.74 Å². The van der Waals surface area contributed by atoms with Gasteiger partial charge in [-0.3, -0.25) is 0 Å². The van der Waals surface area contributed by atoms with Gasteiger partial charge in [0.2, 0.25) is 0 Å². The van der Waals surface area contributed by atoms with E-state index in [2.05, 4.69) is 6.92 Å². The molecule has 1 unspecified atom stereocenters. The summed E-state index contributed by atoms with van der Waals surface area (Å²) in [6, 6.07) is 6.50. The number of ether oxygens (including phenoxy) is 1. The number of benzene rings is 1. The highest BCUT2D eigenvalue weighted by Gasteiger charge is 2.05. The Kier molecular flexibility index (Phi) is 3.74. The summed E-state index contributed by atoms with van der Waals surface area (Å²) in [7, 11) is 0. The molecule has 0 aromatic heterocycles. The van der Waals surface area contributed by atoms with Gasteiger partial charge < -0.3 is 4.74 Å². The van der Waals surface area contributed by atoms with Gasteiger partial charge in [0.1, 0.15) is 0 Å². The lowest BCUT2D eigenvalue weighted by molar-refractivity contribution is 0.201. The lowest BCUT2D eigenvalue weighted by Crippen LogP contribution is -2.11. The van der Waals surface area contributed by atoms with Crippen LogP contribution >= 0.6 is 0 Å². The van der Waals surface area contributed by atoms with E-state index in [-0.39, 0.29) is 11.9 Å². The van der Waals surface area contributed by atoms with Crippen molar-refractivity contribution in [1.29, 1.82) is 0 Å². The fourth-order valence-corrected chi connectivity index (χ4v) is 1.22. The average Bonchev–Trinajstić information content (AvgIpc) is 2.09. The fourth-order valence-electron chi connectivity index (χ4n) is 1.22. The van der Waals surface area contributed by atoms with Crippen molar-refractivity contribution < 1.29 is 9.13 Å². The summed E-state index contributed by atoms with van der Waals surface area (Å²) in [4.78, 5) is 0. The maximum Gasteiger partial charge on any atom is 0.165 e. The maximum atomic E-state index is 13.1. The molecule has 0 aliphatic heterocycles. The van der Waals surface area contributed by atoms with E-state index in [1.165, 1.54) is 6.07 Å². The van der Waals surface area contributed by atoms with E-state index in [9.17, 15) is 4.39 Å². The van der Waals surface area contributed by atoms with Crippen LogP contribution in [0.1, 0.15) is 26.7 Å². The number of halogens is 1. The molecule has 0 amide bonds. The van der Waals surface area contributed by atoms with Crippen LogP contribution in [0.3, 0.4) is 0 Å². The van der Waals surface area contributed by atoms with Gasteiger partial charge in [0.05, 0.1) is 6.10 Å². The molecule has 1 rings (SSSR count). The lowest BCUT2D eigenvalue weighted by Gasteiger charge is -2.13. The molecule has 0 spiro atoms. The Labute approximate surface area is 78.5 Å². The van der Waals surface area contributed by atoms with Gasteiger partial charge in [0.25, 0.3) is 0 Å². The van der Waals surface area contributed by atoms with E-state index in [1.807, 2.05) is 6.92 Å². The van der Waals surface area contributed by atoms with Gasteiger partial charge in [-0.05, 0) is 25.5 Å². The molecule has 1 aromatic carbocycles. The van der Waals surface area contributed by atoms with Gasteiger partial charge in [0.15, 0.2) is 11.6 Å². The van der Waals surface area contributed by atoms with Crippen molar-refractivity contribution in [1.82, 2.24) is 0 Å². The summed E-state index contributed by atoms with van der Waals surface area (Å²) in [5, 5.41) is 0. The third-order valence-corrected chi connectivity index (χ3v) is 1.86. The summed E-state index contributed by atoms with van der Waals surface area (Å²) < 4.78 is 18.5. The Morgan fingerprint density at radius 3 is 2.69 bits per heavy atom. The first kappa shape index (κ1) is 10.0. The predicted molar refractivity (Wildman–Crippen MR) is 51.4 cm³/mol. The highest BCUT2D eigenvalue weighted by atomic mass is 19.1. The van der Waals surface area contributed by atoms with Crippen molar-refractivity contribution >= 4 is 0 Å². The molecule has 0 aliphatic rings. The zero-order chi connectivity index (χ0) is 9.68. The number of hydrogen-bond acceptors (Lipinski definition) is 1. The van der Waals surface area contributed by atoms with E-state index in [4.69, 9.17) is 4.74 Å². The topological polar surface area (TPSA) is 9.23 Å². The largest absolute Gasteiger partial charge is 0.488 e. The van der Waals surface area contributed by atoms with Crippen molar-refractivity contribution in [2.45, 2.75) is 32.8 Å². The third-order valence-electron chi connectivity index (χ3n) is 1.86. The average molecular weight is 182 g/mol. The molecule has 0 radical (unpaired) electrons. The summed E-state index contributed by atoms with van der Waals surface area (Å²) >= 11 is 0. The molecule has 0 N–H and O–H groups in total. The van der Waals surface area contributed by atoms with Crippen molar-refractivity contribution in [3.63, 3.8) is 0 Å². The molecule has 0 fully saturated rings. The van der Waals surface area contributed by atoms with Gasteiger partial charge in [0, 0.05) is 0 Å². The molecule has 72 valence electrons. The molecule has 1 atom stereocenters. The highest BCUT2D eigenvalue weighted by molar-refractivity contribution is 5.23. The zero-order valence-electron chi connectivity index (χ0n) is 8.09. The fraction of sp³-hybridized carbons (Fsp3) is 0.455. The second-order valence-electron chi connectivity index (χ2n) is 3.15. The van der Waals surface area contributed by atoms with Gasteiger partial charge in [-0.1, -0.05) is 25.5 Å². The molecule has 0 saturated heterocycles. The van der Waals surface area contributed by atoms with Gasteiger partial charge in [-0.2, -0.15) is 0 Å². The van der Waals surface area contributed by atoms with Crippen LogP contribution in [0.2, 0.25) is 0 Å². The number of para-hydroxylation sites is 1. The third kappa shape index (κ3) is 3.05. The van der Waals surface area contributed by atoms with E-state index in [1.54, 1.807) is 18.2 Å². The monoisotopic (exact) mass is 182 g/mol. The minimum Gasteiger partial charge on any atom is -0.488 e. The highest BCUT2D eigenvalue weighted by Crippen LogP contribution is 2.18. The first-order valence-electron chi connectivity index (χ1n) is 4.65. The van der Waals surface area contributed by atoms with E-state index >= 15 is 0 Å². The minimum atomic E-state index is -0.287. The first-order chi connectivity index (χ1) is 6.24. The Hall–Kier alpha value is -1.05. The van der Waals surface area contributed by atoms with Crippen molar-refractivity contribution in [3.8, 4) is 5.75 Å². The van der Waals surface area contributed by atoms with Crippen LogP contribution in [0.15, 0.2) is 24.3 Å². The SMILES string of the molecule is CCCC(C)Oc1ccccc1F. The normalized spacial score (nSPS) is 12.5. The molecule has 1 aromatic rings. The van der Waals surface area contributed by atoms with Crippen LogP contribution in [0.5, 0.6) is 5.75 Å². The van der Waals surface area contributed by atoms with E-state index < -0.39 is 0 Å². The number of hydrogen-bond donors (Lipinski definition) is 0. The Morgan fingerprint density at radius 1 is 1.38 bits per heavy atom. The van der Waals surface area contributed by atoms with Gasteiger partial charge in [-0.15, -0.1) is 0 Å². The lowest BCUT2D eigenvalue weighted by atomic mass is 10.2. The molecule has 1 nitrogen and oxygen atoms in total. The molecule has 2 heteroatoms. The quantitative estimate of drug-likeness (QED) is 0.693. The predicted octanol–water partition coefficient (Wildman–Crippen LogP) is 3.39. The molecule has 13 heavy (non-hydrogen) atoms. The van der Waals surface area contributed by atoms with Crippen LogP contribution in [-0.2, 0) is 0 Å². The van der Waals surface area contributed by atoms with Crippen molar-refractivity contribution in [3.05, 3.63) is 30.1 Å². The minimum absolute atomic E-state index is 0.0851. The molecule has 0 bridgehead atoms. The number of rotatable bonds is 4. The first-order valence-corrected chi connectivity index (χ1v) is 4.65. The molecular weight excluding hydrogens is 167 g/mol. The summed E-state index contributed by atoms with van der Waals surface area (Å²) in [6.07, 6.45) is 2.09. The van der Waals surface area contributed by atoms with Crippen LogP contribution in [0.25, 0.3) is 0 Å². The van der Waals surface area contributed by atoms with E-state index in [0.717, 1.165) is 12.8 Å². The van der Waals surface area contributed by atoms with Crippen LogP contribution in [0.4, 0.5) is 4.39 Å². The second-order valence-corrected chi connectivity index (χ2v) is 3.15. The Bertz CT molecular complexity index is 260. The van der Waals surface area contributed by atoms with Crippen LogP contribution in [-0.4, -0.2) is 6.10 Å². The standard InChI is InChI=1S/C11H15FO/c1-3-6-9(2)13-11-8-5-4-7-10(11)12/h4-5,7-9H,3,6H2,1-2H3. The second kappa shape index (κ2) is 4.85. The van der Waals surface area contributed by atoms with Crippen LogP contribution in [0, 0.1) is 5.82 Å². The van der Waals surface area contributed by atoms with Crippen molar-refractivity contribution in [2.24, 2.45) is 0 Å². The molecule has 0 saturated carbocycles. The van der Waals surface area contributed by atoms with Gasteiger partial charge >= 0.3 is 0 Å². The summed E-state index contributed by atoms with van der Waals surface area (Å²) in [5.41, 5.74) is 0. The maximum absolute atomic E-state index is 13.1. The molecule has 0 aliphatic carbocycles. The van der Waals surface area contributed by atoms with Gasteiger partial charge in [-0.25, -0.2) is 4.39 Å². The summed E-state index contributed by atoms with van der Waals surface area (Å²) in [5.74, 6) is 0.0638. The smallest absolute Gasteiger partial charge is 0.165 e. The molecule has 0 heterocycles. The van der Waals surface area contributed by atoms with Crippen molar-refractivity contribution in [2.75, 3.05) is 0 Å². The molecular formula is C11H15FO. The Morgan fingerprint density at radius 2 is 2.08 bits per heavy atom. The van der Waals surface area contributed by atoms with E-state index in [0.29, 0.717) is 5.75 Å². The zero-order valence-corrected chi connectivity index (χ0v) is 8.09. The Balaban J connectivity index is 2.58. The summed E-state index contributed by atoms with van der Waals surface area (Å²) in [6.45, 7) is 4.04.